The highest BCUT2D eigenvalue weighted by Crippen LogP contribution is 2.18. The molecule has 6 nitrogen and oxygen atoms in total. The summed E-state index contributed by atoms with van der Waals surface area (Å²) in [7, 11) is 1.75. The molecule has 1 aromatic carbocycles. The molecular weight excluding hydrogens is 294 g/mol. The maximum Gasteiger partial charge on any atom is 0.254 e. The van der Waals surface area contributed by atoms with E-state index < -0.39 is 0 Å². The van der Waals surface area contributed by atoms with Crippen molar-refractivity contribution in [2.75, 3.05) is 33.2 Å². The summed E-state index contributed by atoms with van der Waals surface area (Å²) >= 11 is 0. The SMILES string of the molecule is CN(C[C@@H]1C[C@@H](O)CN1)C(=O)CN1CCc2ccccc2C1=O. The van der Waals surface area contributed by atoms with Gasteiger partial charge in [-0.15, -0.1) is 0 Å². The molecule has 23 heavy (non-hydrogen) atoms. The van der Waals surface area contributed by atoms with Crippen LogP contribution in [0.5, 0.6) is 0 Å². The lowest BCUT2D eigenvalue weighted by Crippen LogP contribution is -2.47. The quantitative estimate of drug-likeness (QED) is 0.811. The maximum atomic E-state index is 12.5. The van der Waals surface area contributed by atoms with Crippen molar-refractivity contribution >= 4 is 11.8 Å². The number of benzene rings is 1. The second-order valence-corrected chi connectivity index (χ2v) is 6.40. The zero-order valence-electron chi connectivity index (χ0n) is 13.4. The van der Waals surface area contributed by atoms with Gasteiger partial charge in [0.05, 0.1) is 6.10 Å². The standard InChI is InChI=1S/C17H23N3O3/c1-19(10-13-8-14(21)9-18-13)16(22)11-20-7-6-12-4-2-3-5-15(12)17(20)23/h2-5,13-14,18,21H,6-11H2,1H3/t13-,14+/m0/s1. The van der Waals surface area contributed by atoms with Gasteiger partial charge in [-0.2, -0.15) is 0 Å². The van der Waals surface area contributed by atoms with Crippen LogP contribution in [-0.2, 0) is 11.2 Å². The second-order valence-electron chi connectivity index (χ2n) is 6.40. The summed E-state index contributed by atoms with van der Waals surface area (Å²) in [6.45, 7) is 1.82. The molecule has 1 fully saturated rings. The Balaban J connectivity index is 1.57. The van der Waals surface area contributed by atoms with Crippen LogP contribution in [0.25, 0.3) is 0 Å². The predicted octanol–water partition coefficient (Wildman–Crippen LogP) is -0.134. The molecule has 0 radical (unpaired) electrons. The molecule has 0 spiro atoms. The number of rotatable bonds is 4. The fourth-order valence-electron chi connectivity index (χ4n) is 3.28. The van der Waals surface area contributed by atoms with E-state index in [1.165, 1.54) is 0 Å². The summed E-state index contributed by atoms with van der Waals surface area (Å²) in [6, 6.07) is 7.70. The highest BCUT2D eigenvalue weighted by molar-refractivity contribution is 5.98. The van der Waals surface area contributed by atoms with E-state index in [4.69, 9.17) is 0 Å². The summed E-state index contributed by atoms with van der Waals surface area (Å²) < 4.78 is 0. The van der Waals surface area contributed by atoms with E-state index in [2.05, 4.69) is 5.32 Å². The molecule has 0 aromatic heterocycles. The smallest absolute Gasteiger partial charge is 0.254 e. The number of likely N-dealkylation sites (N-methyl/N-ethyl adjacent to an activating group) is 1. The normalized spacial score (nSPS) is 23.7. The number of amides is 2. The summed E-state index contributed by atoms with van der Waals surface area (Å²) in [5.74, 6) is -0.135. The van der Waals surface area contributed by atoms with Crippen LogP contribution in [-0.4, -0.2) is 72.1 Å². The monoisotopic (exact) mass is 317 g/mol. The minimum Gasteiger partial charge on any atom is -0.392 e. The van der Waals surface area contributed by atoms with Crippen molar-refractivity contribution in [3.8, 4) is 0 Å². The van der Waals surface area contributed by atoms with Gasteiger partial charge in [0.25, 0.3) is 5.91 Å². The Morgan fingerprint density at radius 2 is 2.22 bits per heavy atom. The van der Waals surface area contributed by atoms with E-state index in [0.717, 1.165) is 12.0 Å². The molecule has 1 aromatic rings. The first-order valence-electron chi connectivity index (χ1n) is 8.07. The molecule has 0 bridgehead atoms. The fourth-order valence-corrected chi connectivity index (χ4v) is 3.28. The number of hydrogen-bond acceptors (Lipinski definition) is 4. The third-order valence-electron chi connectivity index (χ3n) is 4.63. The molecule has 2 heterocycles. The highest BCUT2D eigenvalue weighted by Gasteiger charge is 2.28. The zero-order valence-corrected chi connectivity index (χ0v) is 13.4. The highest BCUT2D eigenvalue weighted by atomic mass is 16.3. The van der Waals surface area contributed by atoms with Crippen molar-refractivity contribution in [1.82, 2.24) is 15.1 Å². The first-order chi connectivity index (χ1) is 11.0. The summed E-state index contributed by atoms with van der Waals surface area (Å²) in [5, 5.41) is 12.7. The zero-order chi connectivity index (χ0) is 16.4. The molecule has 6 heteroatoms. The Labute approximate surface area is 136 Å². The van der Waals surface area contributed by atoms with Crippen molar-refractivity contribution in [3.05, 3.63) is 35.4 Å². The Morgan fingerprint density at radius 3 is 2.96 bits per heavy atom. The molecule has 0 saturated carbocycles. The van der Waals surface area contributed by atoms with Gasteiger partial charge in [-0.3, -0.25) is 9.59 Å². The Bertz CT molecular complexity index is 605. The average molecular weight is 317 g/mol. The van der Waals surface area contributed by atoms with Crippen LogP contribution in [0.2, 0.25) is 0 Å². The number of carbonyl (C=O) groups is 2. The third-order valence-corrected chi connectivity index (χ3v) is 4.63. The van der Waals surface area contributed by atoms with Crippen LogP contribution in [0, 0.1) is 0 Å². The van der Waals surface area contributed by atoms with Crippen molar-refractivity contribution < 1.29 is 14.7 Å². The van der Waals surface area contributed by atoms with Crippen molar-refractivity contribution in [3.63, 3.8) is 0 Å². The number of hydrogen-bond donors (Lipinski definition) is 2. The van der Waals surface area contributed by atoms with Crippen LogP contribution in [0.15, 0.2) is 24.3 Å². The summed E-state index contributed by atoms with van der Waals surface area (Å²) in [6.07, 6.45) is 1.12. The maximum absolute atomic E-state index is 12.5. The lowest BCUT2D eigenvalue weighted by molar-refractivity contribution is -0.131. The molecule has 3 rings (SSSR count). The number of aliphatic hydroxyl groups is 1. The number of carbonyl (C=O) groups excluding carboxylic acids is 2. The van der Waals surface area contributed by atoms with Gasteiger partial charge in [-0.25, -0.2) is 0 Å². The Morgan fingerprint density at radius 1 is 1.43 bits per heavy atom. The first kappa shape index (κ1) is 16.0. The van der Waals surface area contributed by atoms with Gasteiger partial charge in [0.2, 0.25) is 5.91 Å². The van der Waals surface area contributed by atoms with Crippen molar-refractivity contribution in [2.24, 2.45) is 0 Å². The molecule has 2 aliphatic heterocycles. The van der Waals surface area contributed by atoms with Gasteiger partial charge in [0.15, 0.2) is 0 Å². The molecule has 0 unspecified atom stereocenters. The molecule has 2 aliphatic rings. The van der Waals surface area contributed by atoms with Crippen molar-refractivity contribution in [2.45, 2.75) is 25.0 Å². The van der Waals surface area contributed by atoms with Gasteiger partial charge in [0.1, 0.15) is 6.54 Å². The van der Waals surface area contributed by atoms with E-state index in [-0.39, 0.29) is 30.5 Å². The average Bonchev–Trinajstić information content (AvgIpc) is 2.95. The predicted molar refractivity (Wildman–Crippen MR) is 86.1 cm³/mol. The molecule has 2 atom stereocenters. The van der Waals surface area contributed by atoms with Gasteiger partial charge in [0, 0.05) is 38.3 Å². The number of nitrogens with zero attached hydrogens (tertiary/aromatic N) is 2. The van der Waals surface area contributed by atoms with E-state index in [9.17, 15) is 14.7 Å². The van der Waals surface area contributed by atoms with Gasteiger partial charge in [-0.05, 0) is 24.5 Å². The molecular formula is C17H23N3O3. The van der Waals surface area contributed by atoms with Crippen LogP contribution < -0.4 is 5.32 Å². The van der Waals surface area contributed by atoms with Gasteiger partial charge < -0.3 is 20.2 Å². The largest absolute Gasteiger partial charge is 0.392 e. The van der Waals surface area contributed by atoms with Crippen LogP contribution in [0.1, 0.15) is 22.3 Å². The fraction of sp³-hybridized carbons (Fsp3) is 0.529. The van der Waals surface area contributed by atoms with Gasteiger partial charge >= 0.3 is 0 Å². The molecule has 2 N–H and O–H groups in total. The lowest BCUT2D eigenvalue weighted by Gasteiger charge is -2.30. The number of nitrogens with one attached hydrogen (secondary N) is 1. The second kappa shape index (κ2) is 6.68. The lowest BCUT2D eigenvalue weighted by atomic mass is 9.99. The first-order valence-corrected chi connectivity index (χ1v) is 8.07. The minimum absolute atomic E-state index is 0.0667. The van der Waals surface area contributed by atoms with Crippen LogP contribution in [0.4, 0.5) is 0 Å². The molecule has 1 saturated heterocycles. The molecule has 2 amide bonds. The topological polar surface area (TPSA) is 72.9 Å². The van der Waals surface area contributed by atoms with Crippen LogP contribution in [0.3, 0.4) is 0 Å². The minimum atomic E-state index is -0.330. The molecule has 0 aliphatic carbocycles. The van der Waals surface area contributed by atoms with Crippen molar-refractivity contribution in [1.29, 1.82) is 0 Å². The molecule has 124 valence electrons. The van der Waals surface area contributed by atoms with E-state index >= 15 is 0 Å². The number of β-amino-alcohol motifs (C(OH)–C–C–N with tert-alkyl or cyclic N) is 1. The van der Waals surface area contributed by atoms with Crippen LogP contribution >= 0.6 is 0 Å². The van der Waals surface area contributed by atoms with E-state index in [1.54, 1.807) is 16.8 Å². The summed E-state index contributed by atoms with van der Waals surface area (Å²) in [4.78, 5) is 28.1. The van der Waals surface area contributed by atoms with Gasteiger partial charge in [-0.1, -0.05) is 18.2 Å². The van der Waals surface area contributed by atoms with E-state index in [0.29, 0.717) is 31.6 Å². The third kappa shape index (κ3) is 3.54. The number of aliphatic hydroxyl groups excluding tert-OH is 1. The Kier molecular flexibility index (Phi) is 4.63. The Hall–Kier alpha value is -1.92. The number of fused-ring (bicyclic) bond motifs is 1. The summed E-state index contributed by atoms with van der Waals surface area (Å²) in [5.41, 5.74) is 1.76. The van der Waals surface area contributed by atoms with E-state index in [1.807, 2.05) is 24.3 Å².